The van der Waals surface area contributed by atoms with E-state index in [0.717, 1.165) is 0 Å². The molecule has 0 fully saturated rings. The molecule has 0 unspecified atom stereocenters. The van der Waals surface area contributed by atoms with Gasteiger partial charge in [-0.3, -0.25) is 0 Å². The average molecular weight is 294 g/mol. The Kier molecular flexibility index (Phi) is 13.5. The summed E-state index contributed by atoms with van der Waals surface area (Å²) in [6.07, 6.45) is 0. The third-order valence-electron chi connectivity index (χ3n) is 2.81. The zero-order valence-corrected chi connectivity index (χ0v) is 12.3. The SMILES string of the molecule is C=C.C=C.C[C]1C(C)=C(C)C(C)=C1C.[Rh]. The van der Waals surface area contributed by atoms with E-state index in [4.69, 9.17) is 0 Å². The van der Waals surface area contributed by atoms with Crippen molar-refractivity contribution in [3.8, 4) is 0 Å². The van der Waals surface area contributed by atoms with Crippen LogP contribution >= 0.6 is 0 Å². The van der Waals surface area contributed by atoms with Gasteiger partial charge in [0.05, 0.1) is 0 Å². The first-order chi connectivity index (χ1) is 6.55. The molecule has 1 rings (SSSR count). The molecule has 0 aromatic heterocycles. The van der Waals surface area contributed by atoms with Gasteiger partial charge in [0.25, 0.3) is 0 Å². The van der Waals surface area contributed by atoms with Crippen LogP contribution in [0.4, 0.5) is 0 Å². The van der Waals surface area contributed by atoms with Gasteiger partial charge >= 0.3 is 0 Å². The molecule has 0 bridgehead atoms. The van der Waals surface area contributed by atoms with Gasteiger partial charge in [0.2, 0.25) is 0 Å². The van der Waals surface area contributed by atoms with Crippen LogP contribution in [0.2, 0.25) is 0 Å². The first-order valence-electron chi connectivity index (χ1n) is 4.75. The molecule has 0 spiro atoms. The molecule has 0 aromatic rings. The Bertz CT molecular complexity index is 220. The summed E-state index contributed by atoms with van der Waals surface area (Å²) in [5.41, 5.74) is 5.87. The first-order valence-corrected chi connectivity index (χ1v) is 4.75. The minimum absolute atomic E-state index is 0. The number of hydrogen-bond donors (Lipinski definition) is 0. The van der Waals surface area contributed by atoms with Gasteiger partial charge in [-0.15, -0.1) is 26.3 Å². The molecule has 2 radical (unpaired) electrons. The fourth-order valence-corrected chi connectivity index (χ4v) is 1.41. The van der Waals surface area contributed by atoms with Crippen LogP contribution in [0.25, 0.3) is 0 Å². The monoisotopic (exact) mass is 294 g/mol. The van der Waals surface area contributed by atoms with E-state index in [0.29, 0.717) is 0 Å². The van der Waals surface area contributed by atoms with E-state index in [9.17, 15) is 0 Å². The molecule has 0 aromatic carbocycles. The van der Waals surface area contributed by atoms with Gasteiger partial charge in [0.15, 0.2) is 0 Å². The summed E-state index contributed by atoms with van der Waals surface area (Å²) >= 11 is 0. The largest absolute Gasteiger partial charge is 0.106 e. The van der Waals surface area contributed by atoms with E-state index < -0.39 is 0 Å². The number of hydrogen-bond acceptors (Lipinski definition) is 0. The van der Waals surface area contributed by atoms with Crippen LogP contribution in [-0.2, 0) is 19.5 Å². The van der Waals surface area contributed by atoms with Gasteiger partial charge in [-0.25, -0.2) is 0 Å². The zero-order valence-electron chi connectivity index (χ0n) is 10.7. The minimum Gasteiger partial charge on any atom is -0.106 e. The Labute approximate surface area is 109 Å². The molecule has 1 aliphatic rings. The predicted octanol–water partition coefficient (Wildman–Crippen LogP) is 4.87. The van der Waals surface area contributed by atoms with Crippen LogP contribution in [0, 0.1) is 5.92 Å². The molecule has 0 saturated heterocycles. The van der Waals surface area contributed by atoms with Crippen LogP contribution in [-0.4, -0.2) is 0 Å². The second-order valence-corrected chi connectivity index (χ2v) is 3.12. The molecule has 1 heteroatoms. The minimum atomic E-state index is 0. The van der Waals surface area contributed by atoms with Crippen molar-refractivity contribution in [2.45, 2.75) is 34.6 Å². The summed E-state index contributed by atoms with van der Waals surface area (Å²) < 4.78 is 0. The van der Waals surface area contributed by atoms with Crippen molar-refractivity contribution in [2.24, 2.45) is 0 Å². The maximum Gasteiger partial charge on any atom is 0.0226 e. The summed E-state index contributed by atoms with van der Waals surface area (Å²) in [4.78, 5) is 0. The topological polar surface area (TPSA) is 0 Å². The molecule has 0 atom stereocenters. The van der Waals surface area contributed by atoms with Crippen molar-refractivity contribution in [3.63, 3.8) is 0 Å². The van der Waals surface area contributed by atoms with Crippen molar-refractivity contribution in [1.29, 1.82) is 0 Å². The van der Waals surface area contributed by atoms with Crippen molar-refractivity contribution in [3.05, 3.63) is 54.5 Å². The number of rotatable bonds is 0. The molecular formula is C14H23Rh. The second kappa shape index (κ2) is 10.1. The van der Waals surface area contributed by atoms with E-state index in [-0.39, 0.29) is 19.5 Å². The van der Waals surface area contributed by atoms with Gasteiger partial charge in [0, 0.05) is 25.4 Å². The van der Waals surface area contributed by atoms with Crippen LogP contribution in [0.15, 0.2) is 48.6 Å². The summed E-state index contributed by atoms with van der Waals surface area (Å²) in [5, 5.41) is 0. The smallest absolute Gasteiger partial charge is 0.0226 e. The summed E-state index contributed by atoms with van der Waals surface area (Å²) in [6, 6.07) is 0. The molecule has 0 nitrogen and oxygen atoms in total. The second-order valence-electron chi connectivity index (χ2n) is 3.12. The summed E-state index contributed by atoms with van der Waals surface area (Å²) in [6.45, 7) is 23.0. The standard InChI is InChI=1S/C10H15.2C2H4.Rh/c1-6-7(2)9(4)10(5)8(6)3;2*1-2;/h1-5H3;2*1-2H2;. The molecule has 0 N–H and O–H groups in total. The third kappa shape index (κ3) is 4.75. The van der Waals surface area contributed by atoms with Crippen molar-refractivity contribution in [1.82, 2.24) is 0 Å². The Morgan fingerprint density at radius 1 is 0.533 bits per heavy atom. The Hall–Kier alpha value is -0.417. The van der Waals surface area contributed by atoms with E-state index in [1.807, 2.05) is 0 Å². The molecular weight excluding hydrogens is 271 g/mol. The van der Waals surface area contributed by atoms with Crippen LogP contribution < -0.4 is 0 Å². The van der Waals surface area contributed by atoms with Crippen LogP contribution in [0.5, 0.6) is 0 Å². The van der Waals surface area contributed by atoms with E-state index in [1.165, 1.54) is 28.2 Å². The first kappa shape index (κ1) is 20.1. The van der Waals surface area contributed by atoms with Crippen LogP contribution in [0.1, 0.15) is 34.6 Å². The van der Waals surface area contributed by atoms with Gasteiger partial charge in [-0.2, -0.15) is 0 Å². The van der Waals surface area contributed by atoms with Gasteiger partial charge < -0.3 is 0 Å². The quantitative estimate of drug-likeness (QED) is 0.442. The van der Waals surface area contributed by atoms with Crippen molar-refractivity contribution >= 4 is 0 Å². The molecule has 1 aliphatic carbocycles. The number of allylic oxidation sites excluding steroid dienone is 4. The van der Waals surface area contributed by atoms with E-state index >= 15 is 0 Å². The molecule has 0 saturated carbocycles. The van der Waals surface area contributed by atoms with Gasteiger partial charge in [-0.1, -0.05) is 18.1 Å². The summed E-state index contributed by atoms with van der Waals surface area (Å²) in [5.74, 6) is 1.47. The van der Waals surface area contributed by atoms with E-state index in [2.05, 4.69) is 60.9 Å². The fraction of sp³-hybridized carbons (Fsp3) is 0.357. The molecule has 0 amide bonds. The Balaban J connectivity index is -0.000000258. The maximum atomic E-state index is 3.00. The predicted molar refractivity (Wildman–Crippen MR) is 68.2 cm³/mol. The molecule has 15 heavy (non-hydrogen) atoms. The summed E-state index contributed by atoms with van der Waals surface area (Å²) in [7, 11) is 0. The zero-order chi connectivity index (χ0) is 11.9. The fourth-order valence-electron chi connectivity index (χ4n) is 1.41. The molecule has 88 valence electrons. The van der Waals surface area contributed by atoms with E-state index in [1.54, 1.807) is 0 Å². The van der Waals surface area contributed by atoms with Gasteiger partial charge in [0.1, 0.15) is 0 Å². The normalized spacial score (nSPS) is 14.7. The Morgan fingerprint density at radius 3 is 0.800 bits per heavy atom. The van der Waals surface area contributed by atoms with Gasteiger partial charge in [-0.05, 0) is 38.8 Å². The molecule has 0 heterocycles. The van der Waals surface area contributed by atoms with Crippen LogP contribution in [0.3, 0.4) is 0 Å². The molecule has 0 aliphatic heterocycles. The van der Waals surface area contributed by atoms with Crippen molar-refractivity contribution < 1.29 is 19.5 Å². The Morgan fingerprint density at radius 2 is 0.733 bits per heavy atom. The maximum absolute atomic E-state index is 3.00. The third-order valence-corrected chi connectivity index (χ3v) is 2.81. The average Bonchev–Trinajstić information content (AvgIpc) is 2.42. The van der Waals surface area contributed by atoms with Crippen molar-refractivity contribution in [2.75, 3.05) is 0 Å².